The van der Waals surface area contributed by atoms with E-state index in [4.69, 9.17) is 0 Å². The summed E-state index contributed by atoms with van der Waals surface area (Å²) in [6.45, 7) is 4.05. The Labute approximate surface area is 116 Å². The maximum atomic E-state index is 12.0. The zero-order chi connectivity index (χ0) is 13.8. The molecule has 1 aliphatic rings. The average Bonchev–Trinajstić information content (AvgIpc) is 2.46. The predicted octanol–water partition coefficient (Wildman–Crippen LogP) is 2.34. The number of likely N-dealkylation sites (tertiary alicyclic amines) is 1. The van der Waals surface area contributed by atoms with E-state index in [0.29, 0.717) is 5.92 Å². The number of piperidine rings is 1. The summed E-state index contributed by atoms with van der Waals surface area (Å²) < 4.78 is 0. The first kappa shape index (κ1) is 14.1. The largest absolute Gasteiger partial charge is 0.347 e. The Morgan fingerprint density at radius 2 is 1.79 bits per heavy atom. The monoisotopic (exact) mass is 260 g/mol. The zero-order valence-corrected chi connectivity index (χ0v) is 12.2. The van der Waals surface area contributed by atoms with Crippen molar-refractivity contribution in [1.82, 2.24) is 9.80 Å². The number of hydrogen-bond donors (Lipinski definition) is 0. The molecule has 0 spiro atoms. The first-order valence-corrected chi connectivity index (χ1v) is 7.09. The fourth-order valence-corrected chi connectivity index (χ4v) is 2.88. The number of likely N-dealkylation sites (N-methyl/N-ethyl adjacent to an activating group) is 1. The number of carbonyl (C=O) groups excluding carboxylic acids is 1. The van der Waals surface area contributed by atoms with E-state index >= 15 is 0 Å². The maximum absolute atomic E-state index is 12.0. The van der Waals surface area contributed by atoms with E-state index < -0.39 is 0 Å². The Hall–Kier alpha value is -1.35. The van der Waals surface area contributed by atoms with Gasteiger partial charge in [0.1, 0.15) is 0 Å². The van der Waals surface area contributed by atoms with E-state index in [0.717, 1.165) is 25.9 Å². The molecule has 1 aromatic rings. The van der Waals surface area contributed by atoms with Gasteiger partial charge in [0, 0.05) is 14.1 Å². The molecule has 1 fully saturated rings. The number of hydrogen-bond acceptors (Lipinski definition) is 2. The Morgan fingerprint density at radius 1 is 1.21 bits per heavy atom. The second-order valence-electron chi connectivity index (χ2n) is 5.63. The highest BCUT2D eigenvalue weighted by atomic mass is 16.2. The lowest BCUT2D eigenvalue weighted by Crippen LogP contribution is -2.47. The third-order valence-electron chi connectivity index (χ3n) is 4.15. The molecule has 104 valence electrons. The summed E-state index contributed by atoms with van der Waals surface area (Å²) >= 11 is 0. The Bertz CT molecular complexity index is 408. The summed E-state index contributed by atoms with van der Waals surface area (Å²) in [6.07, 6.45) is 2.30. The lowest BCUT2D eigenvalue weighted by atomic mass is 9.89. The Kier molecular flexibility index (Phi) is 4.59. The summed E-state index contributed by atoms with van der Waals surface area (Å²) in [4.78, 5) is 16.0. The summed E-state index contributed by atoms with van der Waals surface area (Å²) in [5, 5.41) is 0. The lowest BCUT2D eigenvalue weighted by molar-refractivity contribution is -0.134. The highest BCUT2D eigenvalue weighted by Crippen LogP contribution is 2.28. The van der Waals surface area contributed by atoms with Crippen LogP contribution >= 0.6 is 0 Å². The molecule has 1 aromatic carbocycles. The van der Waals surface area contributed by atoms with Crippen molar-refractivity contribution in [1.29, 1.82) is 0 Å². The molecular weight excluding hydrogens is 236 g/mol. The number of benzene rings is 1. The minimum Gasteiger partial charge on any atom is -0.347 e. The van der Waals surface area contributed by atoms with Gasteiger partial charge in [-0.3, -0.25) is 9.69 Å². The van der Waals surface area contributed by atoms with Crippen LogP contribution in [0.3, 0.4) is 0 Å². The van der Waals surface area contributed by atoms with Crippen molar-refractivity contribution in [2.24, 2.45) is 0 Å². The van der Waals surface area contributed by atoms with E-state index in [1.54, 1.807) is 4.90 Å². The highest BCUT2D eigenvalue weighted by Gasteiger charge is 2.27. The molecule has 0 bridgehead atoms. The van der Waals surface area contributed by atoms with E-state index in [1.165, 1.54) is 5.56 Å². The molecule has 0 aromatic heterocycles. The fraction of sp³-hybridized carbons (Fsp3) is 0.562. The van der Waals surface area contributed by atoms with Gasteiger partial charge < -0.3 is 4.90 Å². The molecule has 0 aliphatic carbocycles. The second kappa shape index (κ2) is 6.20. The summed E-state index contributed by atoms with van der Waals surface area (Å²) in [5.41, 5.74) is 1.44. The van der Waals surface area contributed by atoms with Crippen LogP contribution in [0.2, 0.25) is 0 Å². The van der Waals surface area contributed by atoms with Crippen molar-refractivity contribution < 1.29 is 4.79 Å². The molecule has 2 rings (SSSR count). The van der Waals surface area contributed by atoms with Gasteiger partial charge in [0.15, 0.2) is 0 Å². The Balaban J connectivity index is 1.91. The molecule has 3 heteroatoms. The SMILES string of the molecule is C[C@H](C(=O)N(C)C)N1CCC(c2ccccc2)CC1. The standard InChI is InChI=1S/C16H24N2O/c1-13(16(19)17(2)3)18-11-9-15(10-12-18)14-7-5-4-6-8-14/h4-8,13,15H,9-12H2,1-3H3/t13-/m1/s1. The van der Waals surface area contributed by atoms with Crippen molar-refractivity contribution in [3.63, 3.8) is 0 Å². The third kappa shape index (κ3) is 3.35. The molecule has 1 aliphatic heterocycles. The van der Waals surface area contributed by atoms with Gasteiger partial charge in [-0.15, -0.1) is 0 Å². The van der Waals surface area contributed by atoms with Crippen molar-refractivity contribution in [2.75, 3.05) is 27.2 Å². The van der Waals surface area contributed by atoms with Gasteiger partial charge in [-0.1, -0.05) is 30.3 Å². The van der Waals surface area contributed by atoms with Crippen LogP contribution in [0, 0.1) is 0 Å². The van der Waals surface area contributed by atoms with Crippen molar-refractivity contribution in [3.05, 3.63) is 35.9 Å². The van der Waals surface area contributed by atoms with E-state index in [2.05, 4.69) is 35.2 Å². The molecule has 1 saturated heterocycles. The minimum atomic E-state index is 0.00623. The van der Waals surface area contributed by atoms with Crippen LogP contribution in [-0.4, -0.2) is 48.9 Å². The summed E-state index contributed by atoms with van der Waals surface area (Å²) in [6, 6.07) is 10.7. The fourth-order valence-electron chi connectivity index (χ4n) is 2.88. The topological polar surface area (TPSA) is 23.6 Å². The smallest absolute Gasteiger partial charge is 0.239 e. The van der Waals surface area contributed by atoms with Crippen LogP contribution in [0.15, 0.2) is 30.3 Å². The second-order valence-corrected chi connectivity index (χ2v) is 5.63. The number of carbonyl (C=O) groups is 1. The molecule has 1 amide bonds. The van der Waals surface area contributed by atoms with Gasteiger partial charge >= 0.3 is 0 Å². The van der Waals surface area contributed by atoms with Gasteiger partial charge in [-0.05, 0) is 44.3 Å². The number of amides is 1. The first-order chi connectivity index (χ1) is 9.09. The van der Waals surface area contributed by atoms with Gasteiger partial charge in [0.05, 0.1) is 6.04 Å². The van der Waals surface area contributed by atoms with E-state index in [1.807, 2.05) is 21.0 Å². The van der Waals surface area contributed by atoms with Gasteiger partial charge in [-0.2, -0.15) is 0 Å². The lowest BCUT2D eigenvalue weighted by Gasteiger charge is -2.36. The van der Waals surface area contributed by atoms with Gasteiger partial charge in [0.2, 0.25) is 5.91 Å². The van der Waals surface area contributed by atoms with Crippen molar-refractivity contribution in [2.45, 2.75) is 31.7 Å². The zero-order valence-electron chi connectivity index (χ0n) is 12.2. The highest BCUT2D eigenvalue weighted by molar-refractivity contribution is 5.80. The molecule has 0 saturated carbocycles. The molecule has 0 unspecified atom stereocenters. The molecule has 0 N–H and O–H groups in total. The summed E-state index contributed by atoms with van der Waals surface area (Å²) in [7, 11) is 3.66. The first-order valence-electron chi connectivity index (χ1n) is 7.09. The average molecular weight is 260 g/mol. The number of nitrogens with zero attached hydrogens (tertiary/aromatic N) is 2. The quantitative estimate of drug-likeness (QED) is 0.833. The maximum Gasteiger partial charge on any atom is 0.239 e. The molecule has 1 atom stereocenters. The molecular formula is C16H24N2O. The molecule has 1 heterocycles. The van der Waals surface area contributed by atoms with Crippen molar-refractivity contribution >= 4 is 5.91 Å². The minimum absolute atomic E-state index is 0.00623. The number of rotatable bonds is 3. The van der Waals surface area contributed by atoms with Crippen LogP contribution in [0.25, 0.3) is 0 Å². The normalized spacial score (nSPS) is 19.1. The van der Waals surface area contributed by atoms with Crippen LogP contribution in [-0.2, 0) is 4.79 Å². The van der Waals surface area contributed by atoms with Gasteiger partial charge in [0.25, 0.3) is 0 Å². The van der Waals surface area contributed by atoms with Gasteiger partial charge in [-0.25, -0.2) is 0 Å². The van der Waals surface area contributed by atoms with Crippen molar-refractivity contribution in [3.8, 4) is 0 Å². The molecule has 3 nitrogen and oxygen atoms in total. The van der Waals surface area contributed by atoms with Crippen LogP contribution in [0.5, 0.6) is 0 Å². The predicted molar refractivity (Wildman–Crippen MR) is 78.1 cm³/mol. The molecule has 19 heavy (non-hydrogen) atoms. The van der Waals surface area contributed by atoms with E-state index in [9.17, 15) is 4.79 Å². The Morgan fingerprint density at radius 3 is 2.32 bits per heavy atom. The summed E-state index contributed by atoms with van der Waals surface area (Å²) in [5.74, 6) is 0.859. The van der Waals surface area contributed by atoms with Crippen LogP contribution in [0.4, 0.5) is 0 Å². The third-order valence-corrected chi connectivity index (χ3v) is 4.15. The van der Waals surface area contributed by atoms with Crippen LogP contribution in [0.1, 0.15) is 31.2 Å². The van der Waals surface area contributed by atoms with Crippen LogP contribution < -0.4 is 0 Å². The van der Waals surface area contributed by atoms with E-state index in [-0.39, 0.29) is 11.9 Å². The molecule has 0 radical (unpaired) electrons.